The SMILES string of the molecule is CN1CCc2nnc(N3CC(Cn4nc(C(C)(C)C)ccc4=O)C3)cc2C1. The zero-order chi connectivity index (χ0) is 19.2. The van der Waals surface area contributed by atoms with Crippen molar-refractivity contribution in [3.8, 4) is 0 Å². The van der Waals surface area contributed by atoms with Gasteiger partial charge in [-0.3, -0.25) is 4.79 Å². The first-order valence-corrected chi connectivity index (χ1v) is 9.67. The molecule has 0 radical (unpaired) electrons. The quantitative estimate of drug-likeness (QED) is 0.817. The third-order valence-corrected chi connectivity index (χ3v) is 5.47. The first kappa shape index (κ1) is 18.1. The molecule has 1 fully saturated rings. The summed E-state index contributed by atoms with van der Waals surface area (Å²) in [6.07, 6.45) is 0.973. The summed E-state index contributed by atoms with van der Waals surface area (Å²) >= 11 is 0. The van der Waals surface area contributed by atoms with Gasteiger partial charge in [-0.1, -0.05) is 20.8 Å². The molecule has 1 saturated heterocycles. The van der Waals surface area contributed by atoms with Gasteiger partial charge in [-0.2, -0.15) is 10.2 Å². The maximum Gasteiger partial charge on any atom is 0.266 e. The first-order valence-electron chi connectivity index (χ1n) is 9.67. The molecule has 0 aliphatic carbocycles. The Morgan fingerprint density at radius 1 is 1.19 bits per heavy atom. The molecule has 2 aliphatic heterocycles. The number of fused-ring (bicyclic) bond motifs is 1. The molecule has 2 aromatic heterocycles. The van der Waals surface area contributed by atoms with Gasteiger partial charge < -0.3 is 9.80 Å². The first-order chi connectivity index (χ1) is 12.8. The summed E-state index contributed by atoms with van der Waals surface area (Å²) in [4.78, 5) is 16.7. The third-order valence-electron chi connectivity index (χ3n) is 5.47. The summed E-state index contributed by atoms with van der Waals surface area (Å²) in [6, 6.07) is 5.65. The molecule has 7 heteroatoms. The van der Waals surface area contributed by atoms with Crippen molar-refractivity contribution < 1.29 is 0 Å². The van der Waals surface area contributed by atoms with Crippen LogP contribution in [0.15, 0.2) is 23.0 Å². The Morgan fingerprint density at radius 3 is 2.70 bits per heavy atom. The fourth-order valence-corrected chi connectivity index (χ4v) is 3.71. The van der Waals surface area contributed by atoms with E-state index in [1.165, 1.54) is 5.56 Å². The van der Waals surface area contributed by atoms with Crippen molar-refractivity contribution in [2.45, 2.75) is 45.7 Å². The van der Waals surface area contributed by atoms with E-state index in [0.29, 0.717) is 12.5 Å². The molecule has 4 heterocycles. The summed E-state index contributed by atoms with van der Waals surface area (Å²) in [6.45, 7) is 10.7. The van der Waals surface area contributed by atoms with Crippen LogP contribution < -0.4 is 10.5 Å². The van der Waals surface area contributed by atoms with Crippen LogP contribution in [-0.2, 0) is 24.9 Å². The van der Waals surface area contributed by atoms with Gasteiger partial charge in [-0.05, 0) is 24.7 Å². The number of aromatic nitrogens is 4. The molecule has 0 spiro atoms. The number of hydrogen-bond acceptors (Lipinski definition) is 6. The maximum absolute atomic E-state index is 12.2. The summed E-state index contributed by atoms with van der Waals surface area (Å²) in [7, 11) is 2.14. The van der Waals surface area contributed by atoms with Gasteiger partial charge in [0.05, 0.1) is 17.9 Å². The van der Waals surface area contributed by atoms with Crippen molar-refractivity contribution in [1.29, 1.82) is 0 Å². The molecule has 0 aromatic carbocycles. The lowest BCUT2D eigenvalue weighted by Gasteiger charge is -2.40. The van der Waals surface area contributed by atoms with E-state index in [9.17, 15) is 4.79 Å². The van der Waals surface area contributed by atoms with E-state index < -0.39 is 0 Å². The third kappa shape index (κ3) is 3.74. The number of rotatable bonds is 3. The van der Waals surface area contributed by atoms with E-state index in [1.54, 1.807) is 10.7 Å². The zero-order valence-corrected chi connectivity index (χ0v) is 16.6. The second-order valence-corrected chi connectivity index (χ2v) is 8.92. The fraction of sp³-hybridized carbons (Fsp3) is 0.600. The highest BCUT2D eigenvalue weighted by molar-refractivity contribution is 5.44. The molecule has 0 atom stereocenters. The maximum atomic E-state index is 12.2. The molecule has 0 saturated carbocycles. The topological polar surface area (TPSA) is 67.2 Å². The van der Waals surface area contributed by atoms with Crippen molar-refractivity contribution in [2.24, 2.45) is 5.92 Å². The van der Waals surface area contributed by atoms with E-state index in [0.717, 1.165) is 49.8 Å². The van der Waals surface area contributed by atoms with Gasteiger partial charge >= 0.3 is 0 Å². The van der Waals surface area contributed by atoms with Crippen LogP contribution in [0.5, 0.6) is 0 Å². The lowest BCUT2D eigenvalue weighted by Crippen LogP contribution is -2.50. The van der Waals surface area contributed by atoms with Gasteiger partial charge in [-0.15, -0.1) is 5.10 Å². The smallest absolute Gasteiger partial charge is 0.266 e. The van der Waals surface area contributed by atoms with Crippen molar-refractivity contribution in [3.05, 3.63) is 45.5 Å². The number of likely N-dealkylation sites (N-methyl/N-ethyl adjacent to an activating group) is 1. The van der Waals surface area contributed by atoms with Crippen LogP contribution >= 0.6 is 0 Å². The molecule has 0 N–H and O–H groups in total. The molecular formula is C20H28N6O. The number of hydrogen-bond donors (Lipinski definition) is 0. The predicted octanol–water partition coefficient (Wildman–Crippen LogP) is 1.46. The fourth-order valence-electron chi connectivity index (χ4n) is 3.71. The second kappa shape index (κ2) is 6.71. The Kier molecular flexibility index (Phi) is 4.50. The van der Waals surface area contributed by atoms with E-state index in [2.05, 4.69) is 59.0 Å². The van der Waals surface area contributed by atoms with E-state index in [1.807, 2.05) is 6.07 Å². The van der Waals surface area contributed by atoms with Crippen LogP contribution in [0.3, 0.4) is 0 Å². The molecule has 4 rings (SSSR count). The summed E-state index contributed by atoms with van der Waals surface area (Å²) < 4.78 is 1.62. The monoisotopic (exact) mass is 368 g/mol. The van der Waals surface area contributed by atoms with Crippen molar-refractivity contribution in [3.63, 3.8) is 0 Å². The molecule has 7 nitrogen and oxygen atoms in total. The van der Waals surface area contributed by atoms with Crippen LogP contribution in [0, 0.1) is 5.92 Å². The highest BCUT2D eigenvalue weighted by Gasteiger charge is 2.30. The van der Waals surface area contributed by atoms with Crippen LogP contribution in [0.1, 0.15) is 37.7 Å². The van der Waals surface area contributed by atoms with Crippen LogP contribution in [0.4, 0.5) is 5.82 Å². The minimum absolute atomic E-state index is 0.0296. The molecule has 2 aliphatic rings. The lowest BCUT2D eigenvalue weighted by atomic mass is 9.92. The average molecular weight is 368 g/mol. The second-order valence-electron chi connectivity index (χ2n) is 8.92. The van der Waals surface area contributed by atoms with Crippen molar-refractivity contribution in [2.75, 3.05) is 31.6 Å². The zero-order valence-electron chi connectivity index (χ0n) is 16.6. The molecule has 0 amide bonds. The molecular weight excluding hydrogens is 340 g/mol. The largest absolute Gasteiger partial charge is 0.354 e. The van der Waals surface area contributed by atoms with Crippen LogP contribution in [0.2, 0.25) is 0 Å². The number of anilines is 1. The van der Waals surface area contributed by atoms with Crippen LogP contribution in [0.25, 0.3) is 0 Å². The minimum atomic E-state index is -0.0625. The summed E-state index contributed by atoms with van der Waals surface area (Å²) in [5.41, 5.74) is 3.27. The summed E-state index contributed by atoms with van der Waals surface area (Å²) in [5.74, 6) is 1.36. The predicted molar refractivity (Wildman–Crippen MR) is 105 cm³/mol. The summed E-state index contributed by atoms with van der Waals surface area (Å²) in [5, 5.41) is 13.4. The number of nitrogens with zero attached hydrogens (tertiary/aromatic N) is 6. The van der Waals surface area contributed by atoms with Crippen molar-refractivity contribution in [1.82, 2.24) is 24.9 Å². The van der Waals surface area contributed by atoms with Crippen LogP contribution in [-0.4, -0.2) is 51.6 Å². The van der Waals surface area contributed by atoms with Gasteiger partial charge in [0.1, 0.15) is 0 Å². The van der Waals surface area contributed by atoms with E-state index in [4.69, 9.17) is 0 Å². The van der Waals surface area contributed by atoms with Crippen molar-refractivity contribution >= 4 is 5.82 Å². The Bertz CT molecular complexity index is 894. The van der Waals surface area contributed by atoms with Gasteiger partial charge in [-0.25, -0.2) is 4.68 Å². The molecule has 27 heavy (non-hydrogen) atoms. The molecule has 0 unspecified atom stereocenters. The molecule has 0 bridgehead atoms. The standard InChI is InChI=1S/C20H28N6O/c1-20(2,3)17-5-6-19(27)26(23-17)12-14-10-25(11-14)18-9-15-13-24(4)8-7-16(15)21-22-18/h5-6,9,14H,7-8,10-13H2,1-4H3. The molecule has 2 aromatic rings. The van der Waals surface area contributed by atoms with E-state index in [-0.39, 0.29) is 11.0 Å². The highest BCUT2D eigenvalue weighted by Crippen LogP contribution is 2.26. The van der Waals surface area contributed by atoms with Gasteiger partial charge in [0.25, 0.3) is 5.56 Å². The normalized spacial score (nSPS) is 18.3. The highest BCUT2D eigenvalue weighted by atomic mass is 16.1. The molecule has 144 valence electrons. The van der Waals surface area contributed by atoms with Gasteiger partial charge in [0, 0.05) is 50.0 Å². The van der Waals surface area contributed by atoms with Gasteiger partial charge in [0.2, 0.25) is 0 Å². The Labute approximate surface area is 160 Å². The minimum Gasteiger partial charge on any atom is -0.354 e. The Hall–Kier alpha value is -2.28. The lowest BCUT2D eigenvalue weighted by molar-refractivity contribution is 0.306. The Balaban J connectivity index is 1.42. The van der Waals surface area contributed by atoms with E-state index >= 15 is 0 Å². The average Bonchev–Trinajstić information content (AvgIpc) is 2.57. The van der Waals surface area contributed by atoms with Gasteiger partial charge in [0.15, 0.2) is 5.82 Å². The Morgan fingerprint density at radius 2 is 1.96 bits per heavy atom.